The second kappa shape index (κ2) is 10.3. The first kappa shape index (κ1) is 28.7. The Labute approximate surface area is 224 Å². The van der Waals surface area contributed by atoms with Crippen LogP contribution in [-0.4, -0.2) is 54.9 Å². The number of aliphatic carboxylic acids is 1. The zero-order valence-electron chi connectivity index (χ0n) is 21.6. The maximum atomic E-state index is 13.9. The highest BCUT2D eigenvalue weighted by atomic mass is 32.2. The first-order valence-electron chi connectivity index (χ1n) is 12.4. The molecule has 1 saturated carbocycles. The Morgan fingerprint density at radius 3 is 2.51 bits per heavy atom. The summed E-state index contributed by atoms with van der Waals surface area (Å²) >= 11 is 0. The fraction of sp³-hybridized carbons (Fsp3) is 0.500. The van der Waals surface area contributed by atoms with Crippen LogP contribution in [0.25, 0.3) is 0 Å². The molecule has 2 heterocycles. The Kier molecular flexibility index (Phi) is 7.58. The number of nitrogens with zero attached hydrogens (tertiary/aromatic N) is 2. The van der Waals surface area contributed by atoms with Gasteiger partial charge in [-0.2, -0.15) is 13.2 Å². The number of alkyl halides is 3. The van der Waals surface area contributed by atoms with E-state index in [2.05, 4.69) is 9.72 Å². The molecule has 1 aromatic carbocycles. The third kappa shape index (κ3) is 6.29. The van der Waals surface area contributed by atoms with E-state index >= 15 is 0 Å². The zero-order chi connectivity index (χ0) is 28.8. The zero-order valence-corrected chi connectivity index (χ0v) is 22.4. The molecule has 0 amide bonds. The van der Waals surface area contributed by atoms with E-state index in [1.807, 2.05) is 0 Å². The van der Waals surface area contributed by atoms with E-state index in [4.69, 9.17) is 4.74 Å². The van der Waals surface area contributed by atoms with E-state index in [-0.39, 0.29) is 40.8 Å². The number of carbonyl (C=O) groups excluding carboxylic acids is 1. The molecule has 1 N–H and O–H groups in total. The molecule has 2 aromatic rings. The number of carbonyl (C=O) groups is 2. The summed E-state index contributed by atoms with van der Waals surface area (Å²) in [6.45, 7) is 2.76. The third-order valence-electron chi connectivity index (χ3n) is 6.73. The smallest absolute Gasteiger partial charge is 0.427 e. The Morgan fingerprint density at radius 2 is 1.90 bits per heavy atom. The maximum Gasteiger partial charge on any atom is 0.427 e. The predicted octanol–water partition coefficient (Wildman–Crippen LogP) is 4.45. The molecule has 1 aliphatic carbocycles. The number of anilines is 1. The van der Waals surface area contributed by atoms with Gasteiger partial charge in [0.15, 0.2) is 0 Å². The molecule has 212 valence electrons. The molecule has 0 unspecified atom stereocenters. The SMILES string of the molecule is C[C@H](C[C@H]1CN(S(=O)(=O)c2ccnc(C3CC3)c2)c2cc(CC(=O)OC(C)(C)C(F)(F)F)ccc2O1)C(=O)O. The van der Waals surface area contributed by atoms with Gasteiger partial charge in [-0.3, -0.25) is 18.9 Å². The fourth-order valence-electron chi connectivity index (χ4n) is 4.18. The molecular formula is C26H29F3N2O7S. The lowest BCUT2D eigenvalue weighted by molar-refractivity contribution is -0.257. The summed E-state index contributed by atoms with van der Waals surface area (Å²) in [7, 11) is -4.19. The standard InChI is InChI=1S/C26H29F3N2O7S/c1-15(24(33)34)10-18-14-31(39(35,36)19-8-9-30-20(13-19)17-5-6-17)21-11-16(4-7-22(21)37-18)12-23(32)38-25(2,3)26(27,28)29/h4,7-9,11,13,15,17-18H,5-6,10,12,14H2,1-3H3,(H,33,34)/t15-,18+/m1/s1. The van der Waals surface area contributed by atoms with Crippen LogP contribution in [0.4, 0.5) is 18.9 Å². The van der Waals surface area contributed by atoms with Crippen molar-refractivity contribution in [3.63, 3.8) is 0 Å². The molecule has 0 saturated heterocycles. The van der Waals surface area contributed by atoms with Crippen LogP contribution in [-0.2, 0) is 30.8 Å². The first-order valence-corrected chi connectivity index (χ1v) is 13.8. The number of carboxylic acids is 1. The van der Waals surface area contributed by atoms with E-state index in [1.54, 1.807) is 0 Å². The molecular weight excluding hydrogens is 541 g/mol. The summed E-state index contributed by atoms with van der Waals surface area (Å²) < 4.78 is 78.8. The number of esters is 1. The van der Waals surface area contributed by atoms with Gasteiger partial charge in [0, 0.05) is 17.8 Å². The van der Waals surface area contributed by atoms with Crippen LogP contribution < -0.4 is 9.04 Å². The molecule has 2 aliphatic rings. The molecule has 1 aromatic heterocycles. The summed E-state index contributed by atoms with van der Waals surface area (Å²) in [5.74, 6) is -2.68. The van der Waals surface area contributed by atoms with Gasteiger partial charge in [-0.15, -0.1) is 0 Å². The van der Waals surface area contributed by atoms with E-state index in [1.165, 1.54) is 43.5 Å². The number of fused-ring (bicyclic) bond motifs is 1. The van der Waals surface area contributed by atoms with E-state index < -0.39 is 52.2 Å². The Bertz CT molecular complexity index is 1370. The molecule has 1 fully saturated rings. The van der Waals surface area contributed by atoms with Gasteiger partial charge in [0.25, 0.3) is 10.0 Å². The fourth-order valence-corrected chi connectivity index (χ4v) is 5.70. The van der Waals surface area contributed by atoms with Gasteiger partial charge in [-0.1, -0.05) is 13.0 Å². The number of benzene rings is 1. The molecule has 2 atom stereocenters. The molecule has 0 spiro atoms. The Morgan fingerprint density at radius 1 is 1.21 bits per heavy atom. The summed E-state index contributed by atoms with van der Waals surface area (Å²) in [5.41, 5.74) is -1.75. The number of pyridine rings is 1. The van der Waals surface area contributed by atoms with Crippen LogP contribution in [0, 0.1) is 5.92 Å². The number of ether oxygens (including phenoxy) is 2. The van der Waals surface area contributed by atoms with Crippen molar-refractivity contribution in [2.45, 2.75) is 75.1 Å². The highest BCUT2D eigenvalue weighted by Crippen LogP contribution is 2.42. The molecule has 4 rings (SSSR count). The average molecular weight is 571 g/mol. The van der Waals surface area contributed by atoms with Crippen molar-refractivity contribution in [1.82, 2.24) is 4.98 Å². The van der Waals surface area contributed by atoms with Gasteiger partial charge in [-0.05, 0) is 62.9 Å². The summed E-state index contributed by atoms with van der Waals surface area (Å²) in [6, 6.07) is 7.07. The number of aromatic nitrogens is 1. The molecule has 13 heteroatoms. The number of rotatable bonds is 9. The molecule has 39 heavy (non-hydrogen) atoms. The van der Waals surface area contributed by atoms with Crippen LogP contribution in [0.1, 0.15) is 57.2 Å². The quantitative estimate of drug-likeness (QED) is 0.439. The summed E-state index contributed by atoms with van der Waals surface area (Å²) in [5, 5.41) is 9.34. The average Bonchev–Trinajstić information content (AvgIpc) is 3.68. The number of hydrogen-bond acceptors (Lipinski definition) is 7. The van der Waals surface area contributed by atoms with Crippen molar-refractivity contribution >= 4 is 27.6 Å². The second-order valence-corrected chi connectivity index (χ2v) is 12.3. The minimum absolute atomic E-state index is 0.00553. The molecule has 0 bridgehead atoms. The Balaban J connectivity index is 1.67. The van der Waals surface area contributed by atoms with Gasteiger partial charge in [0.1, 0.15) is 11.9 Å². The first-order chi connectivity index (χ1) is 18.1. The minimum atomic E-state index is -4.77. The maximum absolute atomic E-state index is 13.9. The topological polar surface area (TPSA) is 123 Å². The van der Waals surface area contributed by atoms with Gasteiger partial charge in [-0.25, -0.2) is 8.42 Å². The highest BCUT2D eigenvalue weighted by molar-refractivity contribution is 7.92. The van der Waals surface area contributed by atoms with Gasteiger partial charge < -0.3 is 14.6 Å². The molecule has 0 radical (unpaired) electrons. The summed E-state index contributed by atoms with van der Waals surface area (Å²) in [4.78, 5) is 28.0. The monoisotopic (exact) mass is 570 g/mol. The lowest BCUT2D eigenvalue weighted by atomic mass is 10.0. The van der Waals surface area contributed by atoms with E-state index in [0.29, 0.717) is 5.69 Å². The van der Waals surface area contributed by atoms with Gasteiger partial charge in [0.05, 0.1) is 29.5 Å². The van der Waals surface area contributed by atoms with Crippen LogP contribution in [0.2, 0.25) is 0 Å². The van der Waals surface area contributed by atoms with Crippen LogP contribution in [0.5, 0.6) is 5.75 Å². The van der Waals surface area contributed by atoms with Crippen molar-refractivity contribution in [1.29, 1.82) is 0 Å². The molecule has 1 aliphatic heterocycles. The normalized spacial score (nSPS) is 18.6. The van der Waals surface area contributed by atoms with Crippen molar-refractivity contribution in [3.8, 4) is 5.75 Å². The molecule has 9 nitrogen and oxygen atoms in total. The number of hydrogen-bond donors (Lipinski definition) is 1. The largest absolute Gasteiger partial charge is 0.486 e. The third-order valence-corrected chi connectivity index (χ3v) is 8.51. The lowest BCUT2D eigenvalue weighted by Crippen LogP contribution is -2.44. The van der Waals surface area contributed by atoms with E-state index in [9.17, 15) is 36.3 Å². The summed E-state index contributed by atoms with van der Waals surface area (Å²) in [6.07, 6.45) is -2.82. The number of carboxylic acid groups (broad SMARTS) is 1. The van der Waals surface area contributed by atoms with Crippen molar-refractivity contribution in [2.75, 3.05) is 10.8 Å². The van der Waals surface area contributed by atoms with E-state index in [0.717, 1.165) is 31.0 Å². The Hall–Kier alpha value is -3.35. The number of sulfonamides is 1. The van der Waals surface area contributed by atoms with Crippen LogP contribution in [0.3, 0.4) is 0 Å². The van der Waals surface area contributed by atoms with Crippen molar-refractivity contribution in [2.24, 2.45) is 5.92 Å². The van der Waals surface area contributed by atoms with Gasteiger partial charge >= 0.3 is 18.1 Å². The predicted molar refractivity (Wildman–Crippen MR) is 133 cm³/mol. The highest BCUT2D eigenvalue weighted by Gasteiger charge is 2.50. The van der Waals surface area contributed by atoms with Gasteiger partial charge in [0.2, 0.25) is 5.60 Å². The lowest BCUT2D eigenvalue weighted by Gasteiger charge is -2.36. The van der Waals surface area contributed by atoms with Crippen molar-refractivity contribution < 1.29 is 45.8 Å². The number of halogens is 3. The second-order valence-electron chi connectivity index (χ2n) is 10.4. The van der Waals surface area contributed by atoms with Crippen molar-refractivity contribution in [3.05, 3.63) is 47.8 Å². The van der Waals surface area contributed by atoms with Crippen LogP contribution in [0.15, 0.2) is 41.4 Å². The minimum Gasteiger partial charge on any atom is -0.486 e. The van der Waals surface area contributed by atoms with Crippen LogP contribution >= 0.6 is 0 Å².